The van der Waals surface area contributed by atoms with E-state index in [1.165, 1.54) is 11.1 Å². The molecular formula is C31H30N4S. The molecular weight excluding hydrogens is 460 g/mol. The maximum absolute atomic E-state index is 6.24. The molecule has 0 spiro atoms. The smallest absolute Gasteiger partial charge is 0.192 e. The minimum absolute atomic E-state index is 0.707. The van der Waals surface area contributed by atoms with E-state index in [9.17, 15) is 0 Å². The van der Waals surface area contributed by atoms with Crippen LogP contribution in [0.15, 0.2) is 109 Å². The fraction of sp³-hybridized carbons (Fsp3) is 0.129. The van der Waals surface area contributed by atoms with Crippen LogP contribution in [0.4, 0.5) is 23.0 Å². The van der Waals surface area contributed by atoms with E-state index in [1.54, 1.807) is 0 Å². The molecule has 4 nitrogen and oxygen atoms in total. The second-order valence-corrected chi connectivity index (χ2v) is 9.43. The second-order valence-electron chi connectivity index (χ2n) is 9.06. The van der Waals surface area contributed by atoms with Gasteiger partial charge >= 0.3 is 0 Å². The molecule has 1 aromatic heterocycles. The second kappa shape index (κ2) is 9.88. The summed E-state index contributed by atoms with van der Waals surface area (Å²) in [7, 11) is 4.21. The fourth-order valence-electron chi connectivity index (χ4n) is 4.48. The molecule has 5 aromatic rings. The van der Waals surface area contributed by atoms with E-state index in [1.807, 2.05) is 12.1 Å². The third kappa shape index (κ3) is 4.34. The van der Waals surface area contributed by atoms with Gasteiger partial charge in [0.25, 0.3) is 0 Å². The normalized spacial score (nSPS) is 10.9. The van der Waals surface area contributed by atoms with Gasteiger partial charge < -0.3 is 9.80 Å². The Morgan fingerprint density at radius 2 is 0.833 bits per heavy atom. The lowest BCUT2D eigenvalue weighted by Gasteiger charge is -2.27. The number of aromatic nitrogens is 2. The van der Waals surface area contributed by atoms with E-state index in [2.05, 4.69) is 144 Å². The predicted molar refractivity (Wildman–Crippen MR) is 154 cm³/mol. The van der Waals surface area contributed by atoms with Crippen LogP contribution in [0.25, 0.3) is 11.4 Å². The van der Waals surface area contributed by atoms with Gasteiger partial charge in [0, 0.05) is 36.8 Å². The number of para-hydroxylation sites is 2. The predicted octanol–water partition coefficient (Wildman–Crippen LogP) is 8.15. The molecule has 0 amide bonds. The number of imidazole rings is 1. The first kappa shape index (κ1) is 23.6. The summed E-state index contributed by atoms with van der Waals surface area (Å²) in [5, 5.41) is 0. The van der Waals surface area contributed by atoms with Gasteiger partial charge in [0.2, 0.25) is 0 Å². The molecule has 0 fully saturated rings. The first-order valence-corrected chi connectivity index (χ1v) is 12.5. The van der Waals surface area contributed by atoms with Crippen LogP contribution in [0.3, 0.4) is 0 Å². The first-order valence-electron chi connectivity index (χ1n) is 12.0. The summed E-state index contributed by atoms with van der Waals surface area (Å²) >= 11 is 6.24. The van der Waals surface area contributed by atoms with Gasteiger partial charge in [-0.05, 0) is 74.6 Å². The van der Waals surface area contributed by atoms with Crippen LogP contribution < -0.4 is 9.80 Å². The molecule has 0 saturated heterocycles. The van der Waals surface area contributed by atoms with Gasteiger partial charge in [-0.1, -0.05) is 71.8 Å². The SMILES string of the molecule is Cc1ccc(-n2c(N(C)c3ccccc3)c(N(C)c3ccccc3)n(-c3ccc(C)cc3)c2=S)cc1. The Morgan fingerprint density at radius 1 is 0.500 bits per heavy atom. The average molecular weight is 491 g/mol. The van der Waals surface area contributed by atoms with Gasteiger partial charge in [-0.3, -0.25) is 9.13 Å². The molecule has 5 heteroatoms. The van der Waals surface area contributed by atoms with E-state index in [4.69, 9.17) is 12.2 Å². The first-order chi connectivity index (χ1) is 17.5. The maximum Gasteiger partial charge on any atom is 0.192 e. The molecule has 0 aliphatic heterocycles. The molecule has 0 aliphatic rings. The monoisotopic (exact) mass is 490 g/mol. The zero-order valence-corrected chi connectivity index (χ0v) is 21.9. The molecule has 0 atom stereocenters. The molecule has 0 N–H and O–H groups in total. The Labute approximate surface area is 218 Å². The average Bonchev–Trinajstić information content (AvgIpc) is 3.22. The number of aryl methyl sites for hydroxylation is 2. The Bertz CT molecular complexity index is 1400. The number of rotatable bonds is 6. The van der Waals surface area contributed by atoms with Gasteiger partial charge in [0.05, 0.1) is 0 Å². The summed E-state index contributed by atoms with van der Waals surface area (Å²) in [6.45, 7) is 4.21. The summed E-state index contributed by atoms with van der Waals surface area (Å²) in [4.78, 5) is 4.43. The van der Waals surface area contributed by atoms with E-state index in [-0.39, 0.29) is 0 Å². The summed E-state index contributed by atoms with van der Waals surface area (Å²) < 4.78 is 5.06. The molecule has 36 heavy (non-hydrogen) atoms. The van der Waals surface area contributed by atoms with Crippen molar-refractivity contribution in [2.45, 2.75) is 13.8 Å². The van der Waals surface area contributed by atoms with Gasteiger partial charge in [-0.15, -0.1) is 0 Å². The lowest BCUT2D eigenvalue weighted by atomic mass is 10.2. The highest BCUT2D eigenvalue weighted by molar-refractivity contribution is 7.71. The third-order valence-corrected chi connectivity index (χ3v) is 6.88. The van der Waals surface area contributed by atoms with Crippen molar-refractivity contribution in [1.82, 2.24) is 9.13 Å². The Hall–Kier alpha value is -4.09. The maximum atomic E-state index is 6.24. The van der Waals surface area contributed by atoms with E-state index in [0.29, 0.717) is 4.77 Å². The van der Waals surface area contributed by atoms with Crippen LogP contribution in [-0.4, -0.2) is 23.2 Å². The van der Waals surface area contributed by atoms with Gasteiger partial charge in [-0.25, -0.2) is 0 Å². The highest BCUT2D eigenvalue weighted by Gasteiger charge is 2.27. The van der Waals surface area contributed by atoms with Crippen LogP contribution >= 0.6 is 12.2 Å². The van der Waals surface area contributed by atoms with Gasteiger partial charge in [-0.2, -0.15) is 0 Å². The topological polar surface area (TPSA) is 16.3 Å². The van der Waals surface area contributed by atoms with Crippen molar-refractivity contribution in [3.63, 3.8) is 0 Å². The van der Waals surface area contributed by atoms with Crippen LogP contribution in [0.5, 0.6) is 0 Å². The van der Waals surface area contributed by atoms with E-state index in [0.717, 1.165) is 34.4 Å². The Kier molecular flexibility index (Phi) is 6.49. The van der Waals surface area contributed by atoms with E-state index < -0.39 is 0 Å². The van der Waals surface area contributed by atoms with Crippen molar-refractivity contribution in [2.24, 2.45) is 0 Å². The number of nitrogens with zero attached hydrogens (tertiary/aromatic N) is 4. The Balaban J connectivity index is 1.88. The van der Waals surface area contributed by atoms with Gasteiger partial charge in [0.1, 0.15) is 0 Å². The summed E-state index contributed by atoms with van der Waals surface area (Å²) in [6.07, 6.45) is 0. The molecule has 0 bridgehead atoms. The quantitative estimate of drug-likeness (QED) is 0.223. The van der Waals surface area contributed by atoms with Crippen LogP contribution in [0, 0.1) is 18.6 Å². The van der Waals surface area contributed by atoms with Crippen molar-refractivity contribution in [3.05, 3.63) is 125 Å². The van der Waals surface area contributed by atoms with Crippen molar-refractivity contribution in [2.75, 3.05) is 23.9 Å². The van der Waals surface area contributed by atoms with Gasteiger partial charge in [0.15, 0.2) is 16.4 Å². The van der Waals surface area contributed by atoms with Crippen molar-refractivity contribution in [1.29, 1.82) is 0 Å². The summed E-state index contributed by atoms with van der Waals surface area (Å²) in [5.74, 6) is 1.98. The number of hydrogen-bond donors (Lipinski definition) is 0. The molecule has 0 aliphatic carbocycles. The minimum atomic E-state index is 0.707. The van der Waals surface area contributed by atoms with Crippen molar-refractivity contribution in [3.8, 4) is 11.4 Å². The van der Waals surface area contributed by atoms with Crippen molar-refractivity contribution < 1.29 is 0 Å². The number of hydrogen-bond acceptors (Lipinski definition) is 3. The number of anilines is 4. The fourth-order valence-corrected chi connectivity index (χ4v) is 4.87. The zero-order chi connectivity index (χ0) is 25.2. The zero-order valence-electron chi connectivity index (χ0n) is 21.1. The molecule has 0 radical (unpaired) electrons. The highest BCUT2D eigenvalue weighted by Crippen LogP contribution is 2.41. The Morgan fingerprint density at radius 3 is 1.17 bits per heavy atom. The molecule has 0 unspecified atom stereocenters. The van der Waals surface area contributed by atoms with E-state index >= 15 is 0 Å². The van der Waals surface area contributed by atoms with Crippen LogP contribution in [-0.2, 0) is 0 Å². The lowest BCUT2D eigenvalue weighted by Crippen LogP contribution is -2.20. The van der Waals surface area contributed by atoms with Crippen LogP contribution in [0.2, 0.25) is 0 Å². The molecule has 5 rings (SSSR count). The van der Waals surface area contributed by atoms with Crippen molar-refractivity contribution >= 4 is 35.2 Å². The largest absolute Gasteiger partial charge is 0.327 e. The van der Waals surface area contributed by atoms with Crippen LogP contribution in [0.1, 0.15) is 11.1 Å². The standard InChI is InChI=1S/C31H30N4S/c1-23-15-19-27(20-16-23)34-29(32(3)25-11-7-5-8-12-25)30(33(4)26-13-9-6-10-14-26)35(31(34)36)28-21-17-24(2)18-22-28/h5-22H,1-4H3. The lowest BCUT2D eigenvalue weighted by molar-refractivity contribution is 0.939. The molecule has 1 heterocycles. The molecule has 0 saturated carbocycles. The number of benzene rings is 4. The highest BCUT2D eigenvalue weighted by atomic mass is 32.1. The minimum Gasteiger partial charge on any atom is -0.327 e. The molecule has 4 aromatic carbocycles. The third-order valence-electron chi connectivity index (χ3n) is 6.51. The summed E-state index contributed by atoms with van der Waals surface area (Å²) in [5.41, 5.74) is 6.63. The summed E-state index contributed by atoms with van der Waals surface area (Å²) in [6, 6.07) is 37.9. The molecule has 180 valence electrons.